The highest BCUT2D eigenvalue weighted by molar-refractivity contribution is 5.93. The maximum Gasteiger partial charge on any atom is 0.242 e. The van der Waals surface area contributed by atoms with Crippen molar-refractivity contribution < 1.29 is 14.4 Å². The van der Waals surface area contributed by atoms with Gasteiger partial charge in [0, 0.05) is 37.8 Å². The Labute approximate surface area is 166 Å². The van der Waals surface area contributed by atoms with Gasteiger partial charge >= 0.3 is 0 Å². The van der Waals surface area contributed by atoms with Crippen LogP contribution in [-0.4, -0.2) is 66.8 Å². The molecular formula is C21H30N4O3. The second-order valence-corrected chi connectivity index (χ2v) is 7.75. The lowest BCUT2D eigenvalue weighted by atomic mass is 10.1. The van der Waals surface area contributed by atoms with Crippen molar-refractivity contribution in [3.63, 3.8) is 0 Å². The van der Waals surface area contributed by atoms with Crippen LogP contribution < -0.4 is 10.6 Å². The number of anilines is 1. The van der Waals surface area contributed by atoms with Gasteiger partial charge in [0.05, 0.1) is 13.1 Å². The smallest absolute Gasteiger partial charge is 0.242 e. The number of hydrogen-bond donors (Lipinski definition) is 2. The van der Waals surface area contributed by atoms with Crippen molar-refractivity contribution in [2.24, 2.45) is 11.8 Å². The zero-order chi connectivity index (χ0) is 20.1. The summed E-state index contributed by atoms with van der Waals surface area (Å²) in [5, 5.41) is 5.73. The summed E-state index contributed by atoms with van der Waals surface area (Å²) in [5.41, 5.74) is 1.98. The number of amides is 3. The molecule has 0 unspecified atom stereocenters. The summed E-state index contributed by atoms with van der Waals surface area (Å²) in [7, 11) is 0. The number of piperazine rings is 1. The molecule has 1 saturated carbocycles. The fraction of sp³-hybridized carbons (Fsp3) is 0.571. The highest BCUT2D eigenvalue weighted by atomic mass is 16.2. The Bertz CT molecular complexity index is 728. The van der Waals surface area contributed by atoms with E-state index >= 15 is 0 Å². The molecule has 1 aliphatic carbocycles. The van der Waals surface area contributed by atoms with Crippen LogP contribution in [0.4, 0.5) is 5.69 Å². The van der Waals surface area contributed by atoms with E-state index in [4.69, 9.17) is 0 Å². The lowest BCUT2D eigenvalue weighted by molar-refractivity contribution is -0.134. The predicted molar refractivity (Wildman–Crippen MR) is 108 cm³/mol. The van der Waals surface area contributed by atoms with Crippen LogP contribution in [0.3, 0.4) is 0 Å². The topological polar surface area (TPSA) is 81.8 Å². The summed E-state index contributed by atoms with van der Waals surface area (Å²) in [4.78, 5) is 40.3. The molecule has 0 aromatic heterocycles. The van der Waals surface area contributed by atoms with Gasteiger partial charge in [-0.3, -0.25) is 19.3 Å². The van der Waals surface area contributed by atoms with Crippen molar-refractivity contribution in [2.75, 3.05) is 44.6 Å². The summed E-state index contributed by atoms with van der Waals surface area (Å²) in [6.07, 6.45) is 1.79. The summed E-state index contributed by atoms with van der Waals surface area (Å²) in [6.45, 7) is 6.95. The third kappa shape index (κ3) is 5.32. The van der Waals surface area contributed by atoms with E-state index in [9.17, 15) is 14.4 Å². The zero-order valence-corrected chi connectivity index (χ0v) is 16.7. The van der Waals surface area contributed by atoms with Crippen molar-refractivity contribution in [3.05, 3.63) is 29.8 Å². The fourth-order valence-electron chi connectivity index (χ4n) is 3.59. The molecular weight excluding hydrogens is 356 g/mol. The number of aryl methyl sites for hydroxylation is 1. The summed E-state index contributed by atoms with van der Waals surface area (Å²) < 4.78 is 0. The molecule has 7 heteroatoms. The zero-order valence-electron chi connectivity index (χ0n) is 16.7. The van der Waals surface area contributed by atoms with Gasteiger partial charge in [0.1, 0.15) is 0 Å². The monoisotopic (exact) mass is 386 g/mol. The maximum absolute atomic E-state index is 12.4. The first-order valence-corrected chi connectivity index (χ1v) is 10.1. The van der Waals surface area contributed by atoms with Crippen molar-refractivity contribution >= 4 is 23.4 Å². The number of nitrogens with zero attached hydrogens (tertiary/aromatic N) is 2. The van der Waals surface area contributed by atoms with Crippen LogP contribution in [0, 0.1) is 11.8 Å². The second kappa shape index (κ2) is 9.19. The van der Waals surface area contributed by atoms with Gasteiger partial charge in [0.25, 0.3) is 0 Å². The number of para-hydroxylation sites is 1. The van der Waals surface area contributed by atoms with Gasteiger partial charge in [-0.2, -0.15) is 0 Å². The average molecular weight is 386 g/mol. The Morgan fingerprint density at radius 2 is 1.79 bits per heavy atom. The van der Waals surface area contributed by atoms with Gasteiger partial charge in [-0.05, 0) is 30.4 Å². The van der Waals surface area contributed by atoms with E-state index in [2.05, 4.69) is 22.5 Å². The highest BCUT2D eigenvalue weighted by Gasteiger charge is 2.39. The number of carbonyl (C=O) groups excluding carboxylic acids is 3. The van der Waals surface area contributed by atoms with E-state index in [1.165, 1.54) is 0 Å². The van der Waals surface area contributed by atoms with E-state index in [0.29, 0.717) is 38.6 Å². The van der Waals surface area contributed by atoms with Gasteiger partial charge in [-0.1, -0.05) is 32.0 Å². The Balaban J connectivity index is 1.38. The highest BCUT2D eigenvalue weighted by Crippen LogP contribution is 2.37. The molecule has 3 rings (SSSR count). The van der Waals surface area contributed by atoms with Crippen LogP contribution >= 0.6 is 0 Å². The molecule has 7 nitrogen and oxygen atoms in total. The Kier molecular flexibility index (Phi) is 6.67. The normalized spacial score (nSPS) is 21.9. The molecule has 0 radical (unpaired) electrons. The molecule has 2 aliphatic rings. The molecule has 3 amide bonds. The van der Waals surface area contributed by atoms with Crippen LogP contribution in [0.1, 0.15) is 25.8 Å². The summed E-state index contributed by atoms with van der Waals surface area (Å²) in [5.74, 6) is 0.424. The molecule has 1 aromatic carbocycles. The number of carbonyl (C=O) groups is 3. The number of nitrogens with one attached hydrogen (secondary N) is 2. The maximum atomic E-state index is 12.4. The molecule has 152 valence electrons. The van der Waals surface area contributed by atoms with Gasteiger partial charge < -0.3 is 15.5 Å². The molecule has 2 atom stereocenters. The summed E-state index contributed by atoms with van der Waals surface area (Å²) in [6, 6.07) is 7.83. The molecule has 0 bridgehead atoms. The van der Waals surface area contributed by atoms with Crippen LogP contribution in [0.2, 0.25) is 0 Å². The molecule has 1 aliphatic heterocycles. The average Bonchev–Trinajstić information content (AvgIpc) is 3.43. The first kappa shape index (κ1) is 20.3. The van der Waals surface area contributed by atoms with Gasteiger partial charge in [-0.15, -0.1) is 0 Å². The predicted octanol–water partition coefficient (Wildman–Crippen LogP) is 1.10. The van der Waals surface area contributed by atoms with Crippen LogP contribution in [0.25, 0.3) is 0 Å². The minimum absolute atomic E-state index is 0.0106. The third-order valence-electron chi connectivity index (χ3n) is 5.62. The fourth-order valence-corrected chi connectivity index (χ4v) is 3.59. The number of rotatable bonds is 7. The third-order valence-corrected chi connectivity index (χ3v) is 5.62. The molecule has 2 fully saturated rings. The number of hydrogen-bond acceptors (Lipinski definition) is 4. The molecule has 1 heterocycles. The van der Waals surface area contributed by atoms with Crippen LogP contribution in [-0.2, 0) is 20.8 Å². The van der Waals surface area contributed by atoms with Crippen molar-refractivity contribution in [3.8, 4) is 0 Å². The molecule has 1 aromatic rings. The first-order chi connectivity index (χ1) is 13.5. The minimum atomic E-state index is -0.0531. The quantitative estimate of drug-likeness (QED) is 0.735. The van der Waals surface area contributed by atoms with Crippen LogP contribution in [0.15, 0.2) is 24.3 Å². The van der Waals surface area contributed by atoms with Crippen molar-refractivity contribution in [1.29, 1.82) is 0 Å². The largest absolute Gasteiger partial charge is 0.347 e. The lowest BCUT2D eigenvalue weighted by Crippen LogP contribution is -2.52. The van der Waals surface area contributed by atoms with Crippen molar-refractivity contribution in [2.45, 2.75) is 26.7 Å². The van der Waals surface area contributed by atoms with E-state index in [0.717, 1.165) is 24.1 Å². The van der Waals surface area contributed by atoms with E-state index in [-0.39, 0.29) is 30.2 Å². The van der Waals surface area contributed by atoms with Gasteiger partial charge in [0.2, 0.25) is 17.7 Å². The van der Waals surface area contributed by atoms with E-state index in [1.54, 1.807) is 4.90 Å². The summed E-state index contributed by atoms with van der Waals surface area (Å²) >= 11 is 0. The second-order valence-electron chi connectivity index (χ2n) is 7.75. The van der Waals surface area contributed by atoms with Gasteiger partial charge in [0.15, 0.2) is 0 Å². The van der Waals surface area contributed by atoms with Crippen LogP contribution in [0.5, 0.6) is 0 Å². The Hall–Kier alpha value is -2.41. The van der Waals surface area contributed by atoms with E-state index < -0.39 is 0 Å². The SMILES string of the molecule is CCc1ccccc1NC(=O)CN1CCN(C(=O)CNC(=O)[C@@H]2C[C@H]2C)CC1. The Morgan fingerprint density at radius 1 is 1.11 bits per heavy atom. The lowest BCUT2D eigenvalue weighted by Gasteiger charge is -2.34. The molecule has 28 heavy (non-hydrogen) atoms. The minimum Gasteiger partial charge on any atom is -0.347 e. The van der Waals surface area contributed by atoms with Crippen molar-refractivity contribution in [1.82, 2.24) is 15.1 Å². The molecule has 2 N–H and O–H groups in total. The molecule has 1 saturated heterocycles. The van der Waals surface area contributed by atoms with Gasteiger partial charge in [-0.25, -0.2) is 0 Å². The van der Waals surface area contributed by atoms with E-state index in [1.807, 2.05) is 31.2 Å². The first-order valence-electron chi connectivity index (χ1n) is 10.1. The molecule has 0 spiro atoms. The number of benzene rings is 1. The Morgan fingerprint density at radius 3 is 2.43 bits per heavy atom. The standard InChI is InChI=1S/C21H30N4O3/c1-3-16-6-4-5-7-18(16)23-19(26)14-24-8-10-25(11-9-24)20(27)13-22-21(28)17-12-15(17)2/h4-7,15,17H,3,8-14H2,1-2H3,(H,22,28)(H,23,26)/t15-,17-/m1/s1.